The molecule has 0 bridgehead atoms. The zero-order chi connectivity index (χ0) is 14.0. The lowest BCUT2D eigenvalue weighted by atomic mass is 9.91. The van der Waals surface area contributed by atoms with E-state index in [1.807, 2.05) is 24.3 Å². The Morgan fingerprint density at radius 3 is 2.58 bits per heavy atom. The van der Waals surface area contributed by atoms with Crippen molar-refractivity contribution in [3.8, 4) is 0 Å². The van der Waals surface area contributed by atoms with Crippen molar-refractivity contribution in [1.82, 2.24) is 0 Å². The smallest absolute Gasteiger partial charge is 0.302 e. The lowest BCUT2D eigenvalue weighted by molar-refractivity contribution is -0.140. The number of carbonyl (C=O) groups excluding carboxylic acids is 2. The summed E-state index contributed by atoms with van der Waals surface area (Å²) in [5.74, 6) is -0.185. The van der Waals surface area contributed by atoms with Crippen molar-refractivity contribution in [2.24, 2.45) is 0 Å². The van der Waals surface area contributed by atoms with E-state index in [2.05, 4.69) is 15.9 Å². The van der Waals surface area contributed by atoms with Crippen LogP contribution in [0.2, 0.25) is 0 Å². The molecule has 1 unspecified atom stereocenters. The first-order valence-corrected chi connectivity index (χ1v) is 6.90. The second kappa shape index (κ2) is 5.70. The number of fused-ring (bicyclic) bond motifs is 1. The summed E-state index contributed by atoms with van der Waals surface area (Å²) in [6.45, 7) is 3.19. The van der Waals surface area contributed by atoms with Crippen molar-refractivity contribution < 1.29 is 14.3 Å². The van der Waals surface area contributed by atoms with Gasteiger partial charge in [-0.05, 0) is 23.6 Å². The Kier molecular flexibility index (Phi) is 4.20. The monoisotopic (exact) mass is 322 g/mol. The molecular formula is C15H15BrO3. The van der Waals surface area contributed by atoms with E-state index in [4.69, 9.17) is 4.74 Å². The number of rotatable bonds is 4. The van der Waals surface area contributed by atoms with Crippen LogP contribution in [0, 0.1) is 0 Å². The largest absolute Gasteiger partial charge is 0.461 e. The minimum absolute atomic E-state index is 0.00225. The van der Waals surface area contributed by atoms with E-state index >= 15 is 0 Å². The zero-order valence-electron chi connectivity index (χ0n) is 10.9. The fraction of sp³-hybridized carbons (Fsp3) is 0.333. The van der Waals surface area contributed by atoms with Crippen LogP contribution in [0.3, 0.4) is 0 Å². The third kappa shape index (κ3) is 2.95. The number of hydrogen-bond donors (Lipinski definition) is 0. The molecule has 0 fully saturated rings. The summed E-state index contributed by atoms with van der Waals surface area (Å²) < 4.78 is 6.04. The molecule has 0 amide bonds. The predicted molar refractivity (Wildman–Crippen MR) is 77.0 cm³/mol. The average molecular weight is 323 g/mol. The summed E-state index contributed by atoms with van der Waals surface area (Å²) in [7, 11) is 0. The van der Waals surface area contributed by atoms with E-state index in [0.717, 1.165) is 21.2 Å². The normalized spacial score (nSPS) is 17.3. The molecule has 3 nitrogen and oxygen atoms in total. The van der Waals surface area contributed by atoms with Gasteiger partial charge in [0.25, 0.3) is 0 Å². The maximum atomic E-state index is 11.5. The maximum Gasteiger partial charge on any atom is 0.302 e. The molecule has 0 radical (unpaired) electrons. The third-order valence-electron chi connectivity index (χ3n) is 3.20. The van der Waals surface area contributed by atoms with Gasteiger partial charge in [-0.25, -0.2) is 0 Å². The van der Waals surface area contributed by atoms with Crippen LogP contribution >= 0.6 is 15.9 Å². The highest BCUT2D eigenvalue weighted by molar-refractivity contribution is 9.15. The molecule has 19 heavy (non-hydrogen) atoms. The Morgan fingerprint density at radius 1 is 1.26 bits per heavy atom. The van der Waals surface area contributed by atoms with Crippen LogP contribution in [0.5, 0.6) is 0 Å². The number of ketones is 1. The van der Waals surface area contributed by atoms with Crippen molar-refractivity contribution in [1.29, 1.82) is 0 Å². The average Bonchev–Trinajstić information content (AvgIpc) is 2.60. The highest BCUT2D eigenvalue weighted by Crippen LogP contribution is 2.46. The molecule has 1 aromatic carbocycles. The quantitative estimate of drug-likeness (QED) is 0.797. The maximum absolute atomic E-state index is 11.5. The van der Waals surface area contributed by atoms with Crippen LogP contribution in [-0.4, -0.2) is 18.4 Å². The van der Waals surface area contributed by atoms with Gasteiger partial charge < -0.3 is 4.74 Å². The van der Waals surface area contributed by atoms with Gasteiger partial charge in [0, 0.05) is 23.7 Å². The van der Waals surface area contributed by atoms with Gasteiger partial charge in [-0.3, -0.25) is 9.59 Å². The molecule has 1 aliphatic carbocycles. The first kappa shape index (κ1) is 14.0. The summed E-state index contributed by atoms with van der Waals surface area (Å²) in [6, 6.07) is 7.94. The second-order valence-electron chi connectivity index (χ2n) is 4.67. The Balaban J connectivity index is 2.35. The highest BCUT2D eigenvalue weighted by atomic mass is 79.9. The SMILES string of the molecule is CC(=O)CC1C(COC(C)=O)=C(Br)c2ccccc21. The van der Waals surface area contributed by atoms with Gasteiger partial charge in [0.2, 0.25) is 0 Å². The molecule has 0 spiro atoms. The topological polar surface area (TPSA) is 43.4 Å². The number of ether oxygens (including phenoxy) is 1. The van der Waals surface area contributed by atoms with Crippen molar-refractivity contribution in [2.75, 3.05) is 6.61 Å². The van der Waals surface area contributed by atoms with E-state index < -0.39 is 0 Å². The minimum Gasteiger partial charge on any atom is -0.461 e. The summed E-state index contributed by atoms with van der Waals surface area (Å²) in [5, 5.41) is 0. The van der Waals surface area contributed by atoms with Gasteiger partial charge in [0.1, 0.15) is 12.4 Å². The van der Waals surface area contributed by atoms with Crippen LogP contribution in [-0.2, 0) is 14.3 Å². The molecule has 1 aromatic rings. The summed E-state index contributed by atoms with van der Waals surface area (Å²) in [6.07, 6.45) is 0.433. The molecule has 1 aliphatic rings. The third-order valence-corrected chi connectivity index (χ3v) is 4.13. The molecule has 4 heteroatoms. The number of esters is 1. The molecule has 1 atom stereocenters. The number of hydrogen-bond acceptors (Lipinski definition) is 3. The molecule has 0 saturated carbocycles. The van der Waals surface area contributed by atoms with E-state index in [1.165, 1.54) is 6.92 Å². The summed E-state index contributed by atoms with van der Waals surface area (Å²) in [4.78, 5) is 22.4. The van der Waals surface area contributed by atoms with Crippen LogP contribution in [0.15, 0.2) is 29.8 Å². The van der Waals surface area contributed by atoms with Crippen molar-refractivity contribution in [3.05, 3.63) is 41.0 Å². The molecule has 100 valence electrons. The predicted octanol–water partition coefficient (Wildman–Crippen LogP) is 3.43. The molecule has 0 heterocycles. The van der Waals surface area contributed by atoms with E-state index in [1.54, 1.807) is 6.92 Å². The minimum atomic E-state index is -0.315. The van der Waals surface area contributed by atoms with Gasteiger partial charge in [-0.1, -0.05) is 40.2 Å². The molecule has 0 N–H and O–H groups in total. The van der Waals surface area contributed by atoms with Gasteiger partial charge >= 0.3 is 5.97 Å². The molecule has 0 saturated heterocycles. The van der Waals surface area contributed by atoms with E-state index in [-0.39, 0.29) is 24.3 Å². The van der Waals surface area contributed by atoms with Crippen LogP contribution in [0.1, 0.15) is 37.3 Å². The van der Waals surface area contributed by atoms with Gasteiger partial charge in [-0.15, -0.1) is 0 Å². The lowest BCUT2D eigenvalue weighted by Gasteiger charge is -2.15. The van der Waals surface area contributed by atoms with Crippen molar-refractivity contribution >= 4 is 32.2 Å². The molecule has 0 aromatic heterocycles. The Hall–Kier alpha value is -1.42. The van der Waals surface area contributed by atoms with Crippen molar-refractivity contribution in [3.63, 3.8) is 0 Å². The first-order chi connectivity index (χ1) is 9.00. The van der Waals surface area contributed by atoms with Gasteiger partial charge in [0.15, 0.2) is 0 Å². The van der Waals surface area contributed by atoms with Crippen LogP contribution < -0.4 is 0 Å². The molecule has 2 rings (SSSR count). The molecular weight excluding hydrogens is 308 g/mol. The number of Topliss-reactive ketones (excluding diaryl/α,β-unsaturated/α-hetero) is 1. The van der Waals surface area contributed by atoms with Crippen LogP contribution in [0.4, 0.5) is 0 Å². The number of benzene rings is 1. The summed E-state index contributed by atoms with van der Waals surface area (Å²) >= 11 is 3.56. The Labute approximate surface area is 120 Å². The molecule has 0 aliphatic heterocycles. The Morgan fingerprint density at radius 2 is 1.95 bits per heavy atom. The first-order valence-electron chi connectivity index (χ1n) is 6.11. The highest BCUT2D eigenvalue weighted by Gasteiger charge is 2.31. The second-order valence-corrected chi connectivity index (χ2v) is 5.46. The van der Waals surface area contributed by atoms with Crippen molar-refractivity contribution in [2.45, 2.75) is 26.2 Å². The Bertz CT molecular complexity index is 560. The fourth-order valence-electron chi connectivity index (χ4n) is 2.38. The standard InChI is InChI=1S/C15H15BrO3/c1-9(17)7-13-11-5-3-4-6-12(11)15(16)14(13)8-19-10(2)18/h3-6,13H,7-8H2,1-2H3. The van der Waals surface area contributed by atoms with Gasteiger partial charge in [0.05, 0.1) is 0 Å². The lowest BCUT2D eigenvalue weighted by Crippen LogP contribution is -2.11. The fourth-order valence-corrected chi connectivity index (χ4v) is 3.13. The van der Waals surface area contributed by atoms with Gasteiger partial charge in [-0.2, -0.15) is 0 Å². The zero-order valence-corrected chi connectivity index (χ0v) is 12.5. The van der Waals surface area contributed by atoms with E-state index in [9.17, 15) is 9.59 Å². The van der Waals surface area contributed by atoms with Crippen LogP contribution in [0.25, 0.3) is 4.48 Å². The van der Waals surface area contributed by atoms with E-state index in [0.29, 0.717) is 6.42 Å². The number of halogens is 1. The number of carbonyl (C=O) groups is 2. The summed E-state index contributed by atoms with van der Waals surface area (Å²) in [5.41, 5.74) is 3.16.